The van der Waals surface area contributed by atoms with Gasteiger partial charge in [-0.3, -0.25) is 0 Å². The number of nitrogen functional groups attached to an aromatic ring is 1. The molecule has 0 atom stereocenters. The number of hydrogen-bond donors (Lipinski definition) is 3. The molecular formula is C12H14FN5OS. The van der Waals surface area contributed by atoms with Crippen molar-refractivity contribution in [2.24, 2.45) is 5.84 Å². The Labute approximate surface area is 119 Å². The van der Waals surface area contributed by atoms with E-state index in [-0.39, 0.29) is 0 Å². The van der Waals surface area contributed by atoms with E-state index in [0.717, 1.165) is 0 Å². The summed E-state index contributed by atoms with van der Waals surface area (Å²) in [5.74, 6) is 6.34. The lowest BCUT2D eigenvalue weighted by molar-refractivity contribution is 0.411. The first-order chi connectivity index (χ1) is 9.64. The number of benzene rings is 1. The van der Waals surface area contributed by atoms with Crippen LogP contribution >= 0.6 is 11.8 Å². The van der Waals surface area contributed by atoms with Crippen LogP contribution in [0.3, 0.4) is 0 Å². The maximum atomic E-state index is 13.4. The van der Waals surface area contributed by atoms with Gasteiger partial charge in [-0.05, 0) is 12.3 Å². The second-order valence-corrected chi connectivity index (χ2v) is 4.55. The van der Waals surface area contributed by atoms with E-state index in [4.69, 9.17) is 10.6 Å². The molecule has 2 aromatic rings. The smallest absolute Gasteiger partial charge is 0.191 e. The number of anilines is 3. The van der Waals surface area contributed by atoms with Crippen LogP contribution < -0.4 is 21.3 Å². The van der Waals surface area contributed by atoms with E-state index in [0.29, 0.717) is 28.2 Å². The molecule has 1 aromatic heterocycles. The standard InChI is InChI=1S/C12H14FN5OS/c1-19-9-4-7(13)3-8(5-9)15-10-6-11(18-14)17-12(16-10)20-2/h3-6H,14H2,1-2H3,(H2,15,16,17,18). The summed E-state index contributed by atoms with van der Waals surface area (Å²) < 4.78 is 18.4. The summed E-state index contributed by atoms with van der Waals surface area (Å²) in [5, 5.41) is 3.54. The van der Waals surface area contributed by atoms with Gasteiger partial charge in [0.15, 0.2) is 5.16 Å². The molecule has 0 saturated heterocycles. The van der Waals surface area contributed by atoms with Gasteiger partial charge in [-0.15, -0.1) is 0 Å². The first kappa shape index (κ1) is 14.4. The third kappa shape index (κ3) is 3.49. The maximum Gasteiger partial charge on any atom is 0.191 e. The van der Waals surface area contributed by atoms with Gasteiger partial charge in [0.2, 0.25) is 0 Å². The van der Waals surface area contributed by atoms with E-state index in [1.807, 2.05) is 6.26 Å². The monoisotopic (exact) mass is 295 g/mol. The molecule has 20 heavy (non-hydrogen) atoms. The number of hydrogen-bond acceptors (Lipinski definition) is 7. The third-order valence-electron chi connectivity index (χ3n) is 2.42. The fourth-order valence-corrected chi connectivity index (χ4v) is 1.93. The number of hydrazine groups is 1. The Hall–Kier alpha value is -2.06. The lowest BCUT2D eigenvalue weighted by Crippen LogP contribution is -2.10. The summed E-state index contributed by atoms with van der Waals surface area (Å²) in [6, 6.07) is 5.93. The number of nitrogens with one attached hydrogen (secondary N) is 2. The second-order valence-electron chi connectivity index (χ2n) is 3.77. The molecule has 2 rings (SSSR count). The van der Waals surface area contributed by atoms with Crippen molar-refractivity contribution in [1.82, 2.24) is 9.97 Å². The van der Waals surface area contributed by atoms with Gasteiger partial charge in [-0.2, -0.15) is 0 Å². The number of nitrogens with zero attached hydrogens (tertiary/aromatic N) is 2. The summed E-state index contributed by atoms with van der Waals surface area (Å²) >= 11 is 1.38. The van der Waals surface area contributed by atoms with E-state index in [1.54, 1.807) is 12.1 Å². The van der Waals surface area contributed by atoms with E-state index in [1.165, 1.54) is 31.0 Å². The first-order valence-corrected chi connectivity index (χ1v) is 6.88. The van der Waals surface area contributed by atoms with Crippen molar-refractivity contribution in [2.45, 2.75) is 5.16 Å². The Morgan fingerprint density at radius 2 is 1.95 bits per heavy atom. The predicted octanol–water partition coefficient (Wildman–Crippen LogP) is 2.38. The molecule has 106 valence electrons. The van der Waals surface area contributed by atoms with Crippen LogP contribution in [-0.4, -0.2) is 23.3 Å². The highest BCUT2D eigenvalue weighted by molar-refractivity contribution is 7.98. The number of aromatic nitrogens is 2. The second kappa shape index (κ2) is 6.40. The first-order valence-electron chi connectivity index (χ1n) is 5.66. The quantitative estimate of drug-likeness (QED) is 0.338. The molecule has 0 aliphatic heterocycles. The van der Waals surface area contributed by atoms with Gasteiger partial charge in [-0.25, -0.2) is 20.2 Å². The average Bonchev–Trinajstić information content (AvgIpc) is 2.46. The summed E-state index contributed by atoms with van der Waals surface area (Å²) in [5.41, 5.74) is 2.98. The van der Waals surface area contributed by atoms with Gasteiger partial charge >= 0.3 is 0 Å². The third-order valence-corrected chi connectivity index (χ3v) is 2.96. The fraction of sp³-hybridized carbons (Fsp3) is 0.167. The van der Waals surface area contributed by atoms with E-state index >= 15 is 0 Å². The molecule has 1 aromatic carbocycles. The molecule has 0 radical (unpaired) electrons. The topological polar surface area (TPSA) is 85.1 Å². The summed E-state index contributed by atoms with van der Waals surface area (Å²) in [4.78, 5) is 8.40. The minimum atomic E-state index is -0.400. The largest absolute Gasteiger partial charge is 0.497 e. The Morgan fingerprint density at radius 1 is 1.20 bits per heavy atom. The molecule has 0 aliphatic carbocycles. The van der Waals surface area contributed by atoms with Crippen molar-refractivity contribution in [3.8, 4) is 5.75 Å². The zero-order valence-electron chi connectivity index (χ0n) is 11.0. The van der Waals surface area contributed by atoms with Crippen molar-refractivity contribution in [3.63, 3.8) is 0 Å². The van der Waals surface area contributed by atoms with Crippen LogP contribution in [0.5, 0.6) is 5.75 Å². The highest BCUT2D eigenvalue weighted by Gasteiger charge is 2.06. The molecule has 0 unspecified atom stereocenters. The number of rotatable bonds is 5. The molecular weight excluding hydrogens is 281 g/mol. The van der Waals surface area contributed by atoms with Crippen LogP contribution in [0.2, 0.25) is 0 Å². The number of methoxy groups -OCH3 is 1. The molecule has 0 aliphatic rings. The fourth-order valence-electron chi connectivity index (χ4n) is 1.56. The van der Waals surface area contributed by atoms with E-state index in [2.05, 4.69) is 20.7 Å². The van der Waals surface area contributed by atoms with Crippen molar-refractivity contribution in [2.75, 3.05) is 24.1 Å². The van der Waals surface area contributed by atoms with Crippen LogP contribution in [0.1, 0.15) is 0 Å². The molecule has 4 N–H and O–H groups in total. The van der Waals surface area contributed by atoms with Crippen molar-refractivity contribution in [1.29, 1.82) is 0 Å². The minimum absolute atomic E-state index is 0.400. The molecule has 0 saturated carbocycles. The van der Waals surface area contributed by atoms with E-state index in [9.17, 15) is 4.39 Å². The Balaban J connectivity index is 2.31. The molecule has 8 heteroatoms. The highest BCUT2D eigenvalue weighted by atomic mass is 32.2. The van der Waals surface area contributed by atoms with Crippen LogP contribution in [0.25, 0.3) is 0 Å². The maximum absolute atomic E-state index is 13.4. The zero-order chi connectivity index (χ0) is 14.5. The Kier molecular flexibility index (Phi) is 4.59. The van der Waals surface area contributed by atoms with Gasteiger partial charge in [0.1, 0.15) is 23.2 Å². The number of ether oxygens (including phenoxy) is 1. The number of nitrogens with two attached hydrogens (primary N) is 1. The molecule has 0 fully saturated rings. The molecule has 6 nitrogen and oxygen atoms in total. The van der Waals surface area contributed by atoms with Crippen molar-refractivity contribution in [3.05, 3.63) is 30.1 Å². The van der Waals surface area contributed by atoms with Crippen LogP contribution in [0, 0.1) is 5.82 Å². The lowest BCUT2D eigenvalue weighted by Gasteiger charge is -2.10. The molecule has 1 heterocycles. The number of halogens is 1. The van der Waals surface area contributed by atoms with Gasteiger partial charge < -0.3 is 15.5 Å². The molecule has 0 bridgehead atoms. The van der Waals surface area contributed by atoms with Gasteiger partial charge in [0, 0.05) is 23.9 Å². The highest BCUT2D eigenvalue weighted by Crippen LogP contribution is 2.24. The van der Waals surface area contributed by atoms with Crippen LogP contribution in [0.4, 0.5) is 21.7 Å². The molecule has 0 spiro atoms. The van der Waals surface area contributed by atoms with Crippen LogP contribution in [0.15, 0.2) is 29.4 Å². The minimum Gasteiger partial charge on any atom is -0.497 e. The van der Waals surface area contributed by atoms with Gasteiger partial charge in [-0.1, -0.05) is 11.8 Å². The van der Waals surface area contributed by atoms with Gasteiger partial charge in [0.25, 0.3) is 0 Å². The summed E-state index contributed by atoms with van der Waals surface area (Å²) in [7, 11) is 1.48. The molecule has 0 amide bonds. The average molecular weight is 295 g/mol. The van der Waals surface area contributed by atoms with Crippen molar-refractivity contribution >= 4 is 29.1 Å². The van der Waals surface area contributed by atoms with Crippen molar-refractivity contribution < 1.29 is 9.13 Å². The van der Waals surface area contributed by atoms with E-state index < -0.39 is 5.82 Å². The zero-order valence-corrected chi connectivity index (χ0v) is 11.8. The normalized spacial score (nSPS) is 10.2. The van der Waals surface area contributed by atoms with Gasteiger partial charge in [0.05, 0.1) is 7.11 Å². The summed E-state index contributed by atoms with van der Waals surface area (Å²) in [6.45, 7) is 0. The Morgan fingerprint density at radius 3 is 2.60 bits per heavy atom. The Bertz CT molecular complexity index is 588. The summed E-state index contributed by atoms with van der Waals surface area (Å²) in [6.07, 6.45) is 1.85. The lowest BCUT2D eigenvalue weighted by atomic mass is 10.3. The predicted molar refractivity (Wildman–Crippen MR) is 77.9 cm³/mol. The number of thioether (sulfide) groups is 1. The van der Waals surface area contributed by atoms with Crippen LogP contribution in [-0.2, 0) is 0 Å². The SMILES string of the molecule is COc1cc(F)cc(Nc2cc(NN)nc(SC)n2)c1.